The van der Waals surface area contributed by atoms with Crippen LogP contribution in [0.5, 0.6) is 0 Å². The third-order valence-corrected chi connectivity index (χ3v) is 3.86. The minimum Gasteiger partial charge on any atom is -0.480 e. The lowest BCUT2D eigenvalue weighted by Gasteiger charge is -2.27. The molecule has 0 aliphatic carbocycles. The number of carbonyl (C=O) groups excluding carboxylic acids is 1. The second kappa shape index (κ2) is 11.2. The molecule has 7 heteroatoms. The molecule has 7 nitrogen and oxygen atoms in total. The topological polar surface area (TPSA) is 85.3 Å². The molecule has 0 spiro atoms. The molecule has 1 fully saturated rings. The number of hydrogen-bond acceptors (Lipinski definition) is 5. The van der Waals surface area contributed by atoms with Crippen LogP contribution in [0.4, 0.5) is 0 Å². The van der Waals surface area contributed by atoms with Crippen molar-refractivity contribution >= 4 is 11.9 Å². The Kier molecular flexibility index (Phi) is 9.59. The van der Waals surface area contributed by atoms with E-state index in [1.165, 1.54) is 11.9 Å². The highest BCUT2D eigenvalue weighted by atomic mass is 16.7. The van der Waals surface area contributed by atoms with E-state index < -0.39 is 12.0 Å². The summed E-state index contributed by atoms with van der Waals surface area (Å²) >= 11 is 0. The number of likely N-dealkylation sites (N-methyl/N-ethyl adjacent to an activating group) is 1. The number of allylic oxidation sites excluding steroid dienone is 1. The van der Waals surface area contributed by atoms with E-state index in [4.69, 9.17) is 14.2 Å². The third-order valence-electron chi connectivity index (χ3n) is 3.86. The van der Waals surface area contributed by atoms with Crippen LogP contribution in [0, 0.1) is 0 Å². The molecule has 0 saturated carbocycles. The lowest BCUT2D eigenvalue weighted by Crippen LogP contribution is -2.45. The molecule has 0 aromatic carbocycles. The van der Waals surface area contributed by atoms with Gasteiger partial charge in [-0.05, 0) is 32.6 Å². The molecule has 1 saturated heterocycles. The molecular weight excluding hydrogens is 314 g/mol. The SMILES string of the molecule is C=CCCC(=O)N(C)C(COCC(C)OC1CCCCO1)C(=O)O. The fraction of sp³-hybridized carbons (Fsp3) is 0.765. The highest BCUT2D eigenvalue weighted by Gasteiger charge is 2.27. The van der Waals surface area contributed by atoms with Gasteiger partial charge in [-0.15, -0.1) is 6.58 Å². The Morgan fingerprint density at radius 2 is 2.17 bits per heavy atom. The molecule has 1 rings (SSSR count). The number of rotatable bonds is 11. The van der Waals surface area contributed by atoms with Crippen molar-refractivity contribution < 1.29 is 28.9 Å². The van der Waals surface area contributed by atoms with Gasteiger partial charge in [0, 0.05) is 20.1 Å². The van der Waals surface area contributed by atoms with Crippen LogP contribution in [0.25, 0.3) is 0 Å². The molecule has 3 unspecified atom stereocenters. The van der Waals surface area contributed by atoms with Gasteiger partial charge in [-0.2, -0.15) is 0 Å². The first-order valence-corrected chi connectivity index (χ1v) is 8.39. The van der Waals surface area contributed by atoms with Gasteiger partial charge in [-0.3, -0.25) is 4.79 Å². The molecule has 1 aliphatic rings. The monoisotopic (exact) mass is 343 g/mol. The molecule has 0 aromatic heterocycles. The van der Waals surface area contributed by atoms with Crippen LogP contribution in [0.1, 0.15) is 39.0 Å². The van der Waals surface area contributed by atoms with Crippen molar-refractivity contribution in [2.24, 2.45) is 0 Å². The van der Waals surface area contributed by atoms with Crippen LogP contribution >= 0.6 is 0 Å². The van der Waals surface area contributed by atoms with Gasteiger partial charge in [0.1, 0.15) is 0 Å². The summed E-state index contributed by atoms with van der Waals surface area (Å²) in [5.74, 6) is -1.33. The maximum Gasteiger partial charge on any atom is 0.328 e. The normalized spacial score (nSPS) is 20.2. The smallest absolute Gasteiger partial charge is 0.328 e. The van der Waals surface area contributed by atoms with Gasteiger partial charge in [-0.25, -0.2) is 4.79 Å². The number of carboxylic acids is 1. The van der Waals surface area contributed by atoms with Gasteiger partial charge in [0.05, 0.1) is 19.3 Å². The van der Waals surface area contributed by atoms with E-state index in [2.05, 4.69) is 6.58 Å². The van der Waals surface area contributed by atoms with Crippen LogP contribution in [0.15, 0.2) is 12.7 Å². The van der Waals surface area contributed by atoms with Crippen LogP contribution < -0.4 is 0 Å². The Labute approximate surface area is 143 Å². The Balaban J connectivity index is 2.35. The summed E-state index contributed by atoms with van der Waals surface area (Å²) < 4.78 is 16.7. The summed E-state index contributed by atoms with van der Waals surface area (Å²) in [6.07, 6.45) is 4.96. The highest BCUT2D eigenvalue weighted by molar-refractivity contribution is 5.83. The number of carbonyl (C=O) groups is 2. The van der Waals surface area contributed by atoms with E-state index in [1.807, 2.05) is 6.92 Å². The standard InChI is InChI=1S/C17H29NO6/c1-4-5-8-15(19)18(3)14(17(20)21)12-22-11-13(2)24-16-9-6-7-10-23-16/h4,13-14,16H,1,5-12H2,2-3H3,(H,20,21). The first-order chi connectivity index (χ1) is 11.5. The molecule has 0 bridgehead atoms. The van der Waals surface area contributed by atoms with Crippen LogP contribution in [0.2, 0.25) is 0 Å². The van der Waals surface area contributed by atoms with Gasteiger partial charge < -0.3 is 24.2 Å². The van der Waals surface area contributed by atoms with Crippen LogP contribution in [-0.4, -0.2) is 67.2 Å². The average Bonchev–Trinajstić information content (AvgIpc) is 2.56. The van der Waals surface area contributed by atoms with Crippen molar-refractivity contribution in [3.8, 4) is 0 Å². The van der Waals surface area contributed by atoms with Crippen molar-refractivity contribution in [2.45, 2.75) is 57.5 Å². The molecule has 1 aliphatic heterocycles. The van der Waals surface area contributed by atoms with E-state index in [0.717, 1.165) is 19.3 Å². The number of hydrogen-bond donors (Lipinski definition) is 1. The van der Waals surface area contributed by atoms with Crippen molar-refractivity contribution in [2.75, 3.05) is 26.9 Å². The largest absolute Gasteiger partial charge is 0.480 e. The zero-order valence-corrected chi connectivity index (χ0v) is 14.6. The fourth-order valence-corrected chi connectivity index (χ4v) is 2.39. The quantitative estimate of drug-likeness (QED) is 0.576. The zero-order chi connectivity index (χ0) is 17.9. The lowest BCUT2D eigenvalue weighted by atomic mass is 10.2. The van der Waals surface area contributed by atoms with Crippen molar-refractivity contribution in [1.29, 1.82) is 0 Å². The van der Waals surface area contributed by atoms with Crippen LogP contribution in [0.3, 0.4) is 0 Å². The first kappa shape index (κ1) is 20.6. The molecule has 24 heavy (non-hydrogen) atoms. The second-order valence-corrected chi connectivity index (χ2v) is 5.97. The molecule has 1 N–H and O–H groups in total. The fourth-order valence-electron chi connectivity index (χ4n) is 2.39. The molecule has 138 valence electrons. The van der Waals surface area contributed by atoms with Crippen molar-refractivity contribution in [3.63, 3.8) is 0 Å². The summed E-state index contributed by atoms with van der Waals surface area (Å²) in [4.78, 5) is 24.5. The predicted molar refractivity (Wildman–Crippen MR) is 88.6 cm³/mol. The van der Waals surface area contributed by atoms with Crippen LogP contribution in [-0.2, 0) is 23.8 Å². The van der Waals surface area contributed by atoms with Gasteiger partial charge in [0.2, 0.25) is 5.91 Å². The Morgan fingerprint density at radius 1 is 1.42 bits per heavy atom. The number of nitrogens with zero attached hydrogens (tertiary/aromatic N) is 1. The minimum atomic E-state index is -1.09. The third kappa shape index (κ3) is 7.42. The van der Waals surface area contributed by atoms with Gasteiger partial charge in [0.15, 0.2) is 12.3 Å². The summed E-state index contributed by atoms with van der Waals surface area (Å²) in [6, 6.07) is -1.01. The Morgan fingerprint density at radius 3 is 2.75 bits per heavy atom. The average molecular weight is 343 g/mol. The van der Waals surface area contributed by atoms with Gasteiger partial charge in [-0.1, -0.05) is 6.08 Å². The minimum absolute atomic E-state index is 0.0785. The maximum atomic E-state index is 11.9. The summed E-state index contributed by atoms with van der Waals surface area (Å²) in [5.41, 5.74) is 0. The summed E-state index contributed by atoms with van der Waals surface area (Å²) in [5, 5.41) is 9.30. The summed E-state index contributed by atoms with van der Waals surface area (Å²) in [6.45, 7) is 6.28. The molecular formula is C17H29NO6. The predicted octanol–water partition coefficient (Wildman–Crippen LogP) is 1.81. The highest BCUT2D eigenvalue weighted by Crippen LogP contribution is 2.15. The van der Waals surface area contributed by atoms with Crippen molar-refractivity contribution in [3.05, 3.63) is 12.7 Å². The summed E-state index contributed by atoms with van der Waals surface area (Å²) in [7, 11) is 1.48. The molecule has 3 atom stereocenters. The Bertz CT molecular complexity index is 408. The van der Waals surface area contributed by atoms with E-state index in [1.54, 1.807) is 6.08 Å². The number of amides is 1. The van der Waals surface area contributed by atoms with Crippen molar-refractivity contribution in [1.82, 2.24) is 4.90 Å². The number of carboxylic acid groups (broad SMARTS) is 1. The van der Waals surface area contributed by atoms with E-state index in [0.29, 0.717) is 13.0 Å². The maximum absolute atomic E-state index is 11.9. The first-order valence-electron chi connectivity index (χ1n) is 8.39. The second-order valence-electron chi connectivity index (χ2n) is 5.97. The molecule has 1 amide bonds. The van der Waals surface area contributed by atoms with E-state index in [-0.39, 0.29) is 37.9 Å². The van der Waals surface area contributed by atoms with E-state index >= 15 is 0 Å². The number of ether oxygens (including phenoxy) is 3. The van der Waals surface area contributed by atoms with Gasteiger partial charge in [0.25, 0.3) is 0 Å². The lowest BCUT2D eigenvalue weighted by molar-refractivity contribution is -0.195. The molecule has 0 aromatic rings. The van der Waals surface area contributed by atoms with Gasteiger partial charge >= 0.3 is 5.97 Å². The molecule has 0 radical (unpaired) electrons. The molecule has 1 heterocycles. The Hall–Kier alpha value is -1.44. The van der Waals surface area contributed by atoms with E-state index in [9.17, 15) is 14.7 Å². The number of aliphatic carboxylic acids is 1. The zero-order valence-electron chi connectivity index (χ0n) is 14.6.